The average molecular weight is 330 g/mol. The molecular weight excluding hydrogens is 318 g/mol. The Labute approximate surface area is 126 Å². The van der Waals surface area contributed by atoms with Gasteiger partial charge in [-0.3, -0.25) is 0 Å². The molecule has 0 spiro atoms. The molecule has 7 nitrogen and oxygen atoms in total. The molecule has 1 aromatic heterocycles. The van der Waals surface area contributed by atoms with Crippen LogP contribution < -0.4 is 4.72 Å². The fourth-order valence-electron chi connectivity index (χ4n) is 1.65. The van der Waals surface area contributed by atoms with E-state index in [1.807, 2.05) is 0 Å². The maximum atomic E-state index is 12.1. The molecule has 0 aliphatic heterocycles. The lowest BCUT2D eigenvalue weighted by Gasteiger charge is -2.08. The van der Waals surface area contributed by atoms with E-state index in [0.29, 0.717) is 6.54 Å². The molecule has 0 saturated carbocycles. The van der Waals surface area contributed by atoms with Crippen LogP contribution in [0, 0.1) is 0 Å². The van der Waals surface area contributed by atoms with Crippen LogP contribution in [0.15, 0.2) is 41.8 Å². The van der Waals surface area contributed by atoms with Gasteiger partial charge in [0.05, 0.1) is 21.8 Å². The van der Waals surface area contributed by atoms with Gasteiger partial charge in [-0.05, 0) is 18.2 Å². The molecule has 21 heavy (non-hydrogen) atoms. The van der Waals surface area contributed by atoms with Crippen molar-refractivity contribution in [2.24, 2.45) is 0 Å². The summed E-state index contributed by atoms with van der Waals surface area (Å²) in [6.45, 7) is 0.608. The molecule has 2 aromatic rings. The van der Waals surface area contributed by atoms with Crippen LogP contribution in [-0.2, 0) is 16.6 Å². The Morgan fingerprint density at radius 3 is 2.76 bits per heavy atom. The maximum Gasteiger partial charge on any atom is 0.337 e. The molecule has 1 heterocycles. The van der Waals surface area contributed by atoms with Crippen LogP contribution in [0.2, 0.25) is 5.02 Å². The molecule has 0 aliphatic rings. The van der Waals surface area contributed by atoms with Gasteiger partial charge < -0.3 is 9.67 Å². The van der Waals surface area contributed by atoms with E-state index in [9.17, 15) is 13.2 Å². The molecule has 0 amide bonds. The number of benzene rings is 1. The number of nitrogens with zero attached hydrogens (tertiary/aromatic N) is 2. The number of hydrogen-bond acceptors (Lipinski definition) is 4. The van der Waals surface area contributed by atoms with Crippen LogP contribution in [0.4, 0.5) is 0 Å². The third kappa shape index (κ3) is 3.81. The van der Waals surface area contributed by atoms with Crippen molar-refractivity contribution in [3.8, 4) is 0 Å². The first-order valence-corrected chi connectivity index (χ1v) is 7.74. The molecule has 9 heteroatoms. The summed E-state index contributed by atoms with van der Waals surface area (Å²) < 4.78 is 28.2. The van der Waals surface area contributed by atoms with E-state index in [-0.39, 0.29) is 22.0 Å². The predicted octanol–water partition coefficient (Wildman–Crippen LogP) is 1.21. The van der Waals surface area contributed by atoms with E-state index < -0.39 is 16.0 Å². The number of carboxylic acid groups (broad SMARTS) is 1. The summed E-state index contributed by atoms with van der Waals surface area (Å²) in [5.74, 6) is -1.21. The lowest BCUT2D eigenvalue weighted by atomic mass is 10.2. The van der Waals surface area contributed by atoms with Crippen LogP contribution in [0.1, 0.15) is 10.4 Å². The van der Waals surface area contributed by atoms with Crippen molar-refractivity contribution < 1.29 is 18.3 Å². The second kappa shape index (κ2) is 6.25. The van der Waals surface area contributed by atoms with Gasteiger partial charge in [0, 0.05) is 25.5 Å². The summed E-state index contributed by atoms with van der Waals surface area (Å²) in [7, 11) is -3.74. The maximum absolute atomic E-state index is 12.1. The van der Waals surface area contributed by atoms with Crippen molar-refractivity contribution >= 4 is 27.6 Å². The number of carbonyl (C=O) groups is 1. The molecule has 2 rings (SSSR count). The summed E-state index contributed by atoms with van der Waals surface area (Å²) in [5.41, 5.74) is -0.144. The molecule has 1 aromatic carbocycles. The fraction of sp³-hybridized carbons (Fsp3) is 0.167. The second-order valence-electron chi connectivity index (χ2n) is 4.15. The third-order valence-corrected chi connectivity index (χ3v) is 4.47. The summed E-state index contributed by atoms with van der Waals surface area (Å²) in [6, 6.07) is 3.48. The largest absolute Gasteiger partial charge is 0.478 e. The average Bonchev–Trinajstić information content (AvgIpc) is 2.91. The Morgan fingerprint density at radius 1 is 1.43 bits per heavy atom. The van der Waals surface area contributed by atoms with Crippen LogP contribution in [0.25, 0.3) is 0 Å². The minimum absolute atomic E-state index is 0.0804. The van der Waals surface area contributed by atoms with Crippen LogP contribution in [-0.4, -0.2) is 35.6 Å². The number of aromatic carboxylic acids is 1. The summed E-state index contributed by atoms with van der Waals surface area (Å²) in [4.78, 5) is 14.6. The number of aromatic nitrogens is 2. The number of carboxylic acids is 1. The Bertz CT molecular complexity index is 744. The first-order valence-electron chi connectivity index (χ1n) is 5.88. The van der Waals surface area contributed by atoms with Crippen molar-refractivity contribution in [2.75, 3.05) is 6.54 Å². The van der Waals surface area contributed by atoms with Crippen molar-refractivity contribution in [3.63, 3.8) is 0 Å². The Kier molecular flexibility index (Phi) is 4.61. The number of hydrogen-bond donors (Lipinski definition) is 2. The summed E-state index contributed by atoms with van der Waals surface area (Å²) in [5, 5.41) is 8.72. The zero-order valence-electron chi connectivity index (χ0n) is 10.7. The minimum atomic E-state index is -3.74. The van der Waals surface area contributed by atoms with Gasteiger partial charge in [0.2, 0.25) is 10.0 Å². The van der Waals surface area contributed by atoms with Crippen LogP contribution in [0.5, 0.6) is 0 Å². The van der Waals surface area contributed by atoms with Gasteiger partial charge in [-0.1, -0.05) is 11.6 Å². The first-order chi connectivity index (χ1) is 9.90. The van der Waals surface area contributed by atoms with Gasteiger partial charge in [0.25, 0.3) is 0 Å². The summed E-state index contributed by atoms with van der Waals surface area (Å²) >= 11 is 5.76. The smallest absolute Gasteiger partial charge is 0.337 e. The van der Waals surface area contributed by atoms with E-state index in [1.165, 1.54) is 6.07 Å². The quantitative estimate of drug-likeness (QED) is 0.829. The lowest BCUT2D eigenvalue weighted by Crippen LogP contribution is -2.27. The Hall–Kier alpha value is -1.90. The highest BCUT2D eigenvalue weighted by Gasteiger charge is 2.17. The molecule has 112 valence electrons. The van der Waals surface area contributed by atoms with Gasteiger partial charge in [-0.15, -0.1) is 0 Å². The SMILES string of the molecule is O=C(O)c1ccc(S(=O)(=O)NCCn2ccnc2)cc1Cl. The van der Waals surface area contributed by atoms with Crippen molar-refractivity contribution in [1.29, 1.82) is 0 Å². The Morgan fingerprint density at radius 2 is 2.19 bits per heavy atom. The molecule has 2 N–H and O–H groups in total. The number of nitrogens with one attached hydrogen (secondary N) is 1. The van der Waals surface area contributed by atoms with Gasteiger partial charge in [0.15, 0.2) is 0 Å². The fourth-order valence-corrected chi connectivity index (χ4v) is 3.02. The number of sulfonamides is 1. The van der Waals surface area contributed by atoms with E-state index in [0.717, 1.165) is 12.1 Å². The molecule has 0 fully saturated rings. The zero-order valence-corrected chi connectivity index (χ0v) is 12.3. The molecular formula is C12H12ClN3O4S. The van der Waals surface area contributed by atoms with Crippen LogP contribution >= 0.6 is 11.6 Å². The number of halogens is 1. The van der Waals surface area contributed by atoms with Gasteiger partial charge in [0.1, 0.15) is 0 Å². The molecule has 0 bridgehead atoms. The van der Waals surface area contributed by atoms with E-state index in [1.54, 1.807) is 23.3 Å². The highest BCUT2D eigenvalue weighted by atomic mass is 35.5. The highest BCUT2D eigenvalue weighted by molar-refractivity contribution is 7.89. The summed E-state index contributed by atoms with van der Waals surface area (Å²) in [6.07, 6.45) is 4.89. The second-order valence-corrected chi connectivity index (χ2v) is 6.32. The van der Waals surface area contributed by atoms with Crippen LogP contribution in [0.3, 0.4) is 0 Å². The standard InChI is InChI=1S/C12H12ClN3O4S/c13-11-7-9(1-2-10(11)12(17)18)21(19,20)15-4-6-16-5-3-14-8-16/h1-3,5,7-8,15H,4,6H2,(H,17,18). The molecule has 0 aliphatic carbocycles. The first kappa shape index (κ1) is 15.5. The molecule has 0 unspecified atom stereocenters. The predicted molar refractivity (Wildman–Crippen MR) is 75.8 cm³/mol. The third-order valence-electron chi connectivity index (χ3n) is 2.70. The highest BCUT2D eigenvalue weighted by Crippen LogP contribution is 2.20. The lowest BCUT2D eigenvalue weighted by molar-refractivity contribution is 0.0697. The van der Waals surface area contributed by atoms with E-state index in [2.05, 4.69) is 9.71 Å². The van der Waals surface area contributed by atoms with Gasteiger partial charge in [-0.2, -0.15) is 0 Å². The molecule has 0 atom stereocenters. The number of rotatable bonds is 6. The van der Waals surface area contributed by atoms with E-state index >= 15 is 0 Å². The normalized spacial score (nSPS) is 11.5. The Balaban J connectivity index is 2.08. The molecule has 0 saturated heterocycles. The zero-order chi connectivity index (χ0) is 15.5. The van der Waals surface area contributed by atoms with Crippen molar-refractivity contribution in [3.05, 3.63) is 47.5 Å². The minimum Gasteiger partial charge on any atom is -0.478 e. The van der Waals surface area contributed by atoms with Gasteiger partial charge >= 0.3 is 5.97 Å². The monoisotopic (exact) mass is 329 g/mol. The van der Waals surface area contributed by atoms with Crippen molar-refractivity contribution in [1.82, 2.24) is 14.3 Å². The number of imidazole rings is 1. The van der Waals surface area contributed by atoms with E-state index in [4.69, 9.17) is 16.7 Å². The topological polar surface area (TPSA) is 101 Å². The van der Waals surface area contributed by atoms with Crippen molar-refractivity contribution in [2.45, 2.75) is 11.4 Å². The molecule has 0 radical (unpaired) electrons. The van der Waals surface area contributed by atoms with Gasteiger partial charge in [-0.25, -0.2) is 22.9 Å².